The minimum atomic E-state index is -0.188. The zero-order chi connectivity index (χ0) is 12.3. The highest BCUT2D eigenvalue weighted by molar-refractivity contribution is 5.70. The number of unbranched alkanes of at least 4 members (excludes halogenated alkanes) is 1. The first-order valence-corrected chi connectivity index (χ1v) is 6.37. The van der Waals surface area contributed by atoms with Gasteiger partial charge in [-0.15, -0.1) is 0 Å². The van der Waals surface area contributed by atoms with Crippen LogP contribution in [0.5, 0.6) is 0 Å². The van der Waals surface area contributed by atoms with E-state index in [1.54, 1.807) is 0 Å². The molecule has 1 saturated heterocycles. The summed E-state index contributed by atoms with van der Waals surface area (Å²) in [7, 11) is 0. The van der Waals surface area contributed by atoms with Crippen molar-refractivity contribution in [3.63, 3.8) is 0 Å². The maximum atomic E-state index is 11.4. The first kappa shape index (κ1) is 14.4. The Morgan fingerprint density at radius 2 is 2.29 bits per heavy atom. The molecular weight excluding hydrogens is 222 g/mol. The quantitative estimate of drug-likeness (QED) is 0.504. The molecular formula is C12H23NO4. The summed E-state index contributed by atoms with van der Waals surface area (Å²) in [5.41, 5.74) is 0. The van der Waals surface area contributed by atoms with Gasteiger partial charge in [-0.3, -0.25) is 4.79 Å². The highest BCUT2D eigenvalue weighted by Crippen LogP contribution is 2.00. The lowest BCUT2D eigenvalue weighted by Crippen LogP contribution is -2.42. The number of ether oxygens (including phenoxy) is 3. The maximum absolute atomic E-state index is 11.4. The number of nitrogens with one attached hydrogen (secondary N) is 1. The molecule has 1 N–H and O–H groups in total. The van der Waals surface area contributed by atoms with Crippen LogP contribution in [-0.4, -0.2) is 51.6 Å². The van der Waals surface area contributed by atoms with E-state index in [1.165, 1.54) is 0 Å². The van der Waals surface area contributed by atoms with E-state index >= 15 is 0 Å². The molecule has 17 heavy (non-hydrogen) atoms. The molecule has 1 rings (SSSR count). The summed E-state index contributed by atoms with van der Waals surface area (Å²) in [4.78, 5) is 11.4. The van der Waals surface area contributed by atoms with Gasteiger partial charge in [-0.05, 0) is 6.42 Å². The standard InChI is InChI=1S/C12H23NO4/c1-2-3-5-15-7-8-17-12(14)9-11-10-16-6-4-13-11/h11,13H,2-10H2,1H3. The monoisotopic (exact) mass is 245 g/mol. The molecule has 1 aliphatic heterocycles. The molecule has 5 heteroatoms. The molecule has 1 aliphatic rings. The molecule has 5 nitrogen and oxygen atoms in total. The van der Waals surface area contributed by atoms with Gasteiger partial charge in [-0.1, -0.05) is 13.3 Å². The topological polar surface area (TPSA) is 56.8 Å². The normalized spacial score (nSPS) is 20.2. The highest BCUT2D eigenvalue weighted by Gasteiger charge is 2.17. The van der Waals surface area contributed by atoms with E-state index in [-0.39, 0.29) is 12.0 Å². The van der Waals surface area contributed by atoms with Crippen LogP contribution < -0.4 is 5.32 Å². The van der Waals surface area contributed by atoms with Crippen LogP contribution in [0.1, 0.15) is 26.2 Å². The first-order valence-electron chi connectivity index (χ1n) is 6.37. The van der Waals surface area contributed by atoms with Gasteiger partial charge in [-0.25, -0.2) is 0 Å². The fourth-order valence-electron chi connectivity index (χ4n) is 1.57. The molecule has 0 amide bonds. The Kier molecular flexibility index (Phi) is 7.96. The molecule has 0 radical (unpaired) electrons. The summed E-state index contributed by atoms with van der Waals surface area (Å²) in [6.45, 7) is 5.79. The number of morpholine rings is 1. The van der Waals surface area contributed by atoms with Gasteiger partial charge in [0.15, 0.2) is 0 Å². The molecule has 0 spiro atoms. The lowest BCUT2D eigenvalue weighted by atomic mass is 10.2. The van der Waals surface area contributed by atoms with Gasteiger partial charge < -0.3 is 19.5 Å². The smallest absolute Gasteiger partial charge is 0.307 e. The third-order valence-electron chi connectivity index (χ3n) is 2.54. The Morgan fingerprint density at radius 3 is 3.00 bits per heavy atom. The van der Waals surface area contributed by atoms with E-state index < -0.39 is 0 Å². The number of carbonyl (C=O) groups is 1. The van der Waals surface area contributed by atoms with Crippen LogP contribution in [0.4, 0.5) is 0 Å². The molecule has 1 fully saturated rings. The van der Waals surface area contributed by atoms with E-state index in [0.29, 0.717) is 26.2 Å². The summed E-state index contributed by atoms with van der Waals surface area (Å²) < 4.78 is 15.6. The van der Waals surface area contributed by atoms with Crippen molar-refractivity contribution < 1.29 is 19.0 Å². The first-order chi connectivity index (χ1) is 8.33. The van der Waals surface area contributed by atoms with Gasteiger partial charge in [-0.2, -0.15) is 0 Å². The van der Waals surface area contributed by atoms with Crippen molar-refractivity contribution in [2.24, 2.45) is 0 Å². The Bertz CT molecular complexity index is 205. The van der Waals surface area contributed by atoms with Gasteiger partial charge >= 0.3 is 5.97 Å². The average molecular weight is 245 g/mol. The number of carbonyl (C=O) groups excluding carboxylic acids is 1. The second-order valence-corrected chi connectivity index (χ2v) is 4.12. The van der Waals surface area contributed by atoms with Gasteiger partial charge in [0.05, 0.1) is 26.2 Å². The SMILES string of the molecule is CCCCOCCOC(=O)CC1COCCN1. The second kappa shape index (κ2) is 9.39. The summed E-state index contributed by atoms with van der Waals surface area (Å²) in [6, 6.07) is 0.0947. The molecule has 0 aromatic heterocycles. The van der Waals surface area contributed by atoms with E-state index in [0.717, 1.165) is 32.6 Å². The Balaban J connectivity index is 1.93. The lowest BCUT2D eigenvalue weighted by Gasteiger charge is -2.22. The van der Waals surface area contributed by atoms with Crippen LogP contribution in [0.15, 0.2) is 0 Å². The molecule has 0 saturated carbocycles. The molecule has 0 aromatic carbocycles. The van der Waals surface area contributed by atoms with Crippen LogP contribution >= 0.6 is 0 Å². The van der Waals surface area contributed by atoms with Crippen LogP contribution in [-0.2, 0) is 19.0 Å². The van der Waals surface area contributed by atoms with Crippen molar-refractivity contribution in [2.45, 2.75) is 32.2 Å². The highest BCUT2D eigenvalue weighted by atomic mass is 16.6. The predicted molar refractivity (Wildman–Crippen MR) is 63.9 cm³/mol. The summed E-state index contributed by atoms with van der Waals surface area (Å²) in [5, 5.41) is 3.21. The molecule has 1 heterocycles. The van der Waals surface area contributed by atoms with Gasteiger partial charge in [0.2, 0.25) is 0 Å². The van der Waals surface area contributed by atoms with Crippen molar-refractivity contribution in [1.29, 1.82) is 0 Å². The van der Waals surface area contributed by atoms with Crippen molar-refractivity contribution in [3.05, 3.63) is 0 Å². The number of hydrogen-bond acceptors (Lipinski definition) is 5. The average Bonchev–Trinajstić information content (AvgIpc) is 2.35. The molecule has 0 aromatic rings. The Labute approximate surface area is 103 Å². The largest absolute Gasteiger partial charge is 0.463 e. The molecule has 0 aliphatic carbocycles. The Morgan fingerprint density at radius 1 is 1.41 bits per heavy atom. The van der Waals surface area contributed by atoms with Crippen molar-refractivity contribution in [2.75, 3.05) is 39.6 Å². The minimum absolute atomic E-state index is 0.0947. The third kappa shape index (κ3) is 7.31. The van der Waals surface area contributed by atoms with Crippen molar-refractivity contribution >= 4 is 5.97 Å². The Hall–Kier alpha value is -0.650. The third-order valence-corrected chi connectivity index (χ3v) is 2.54. The van der Waals surface area contributed by atoms with Crippen molar-refractivity contribution in [3.8, 4) is 0 Å². The number of esters is 1. The summed E-state index contributed by atoms with van der Waals surface area (Å²) in [5.74, 6) is -0.188. The molecule has 1 unspecified atom stereocenters. The number of hydrogen-bond donors (Lipinski definition) is 1. The summed E-state index contributed by atoms with van der Waals surface area (Å²) >= 11 is 0. The summed E-state index contributed by atoms with van der Waals surface area (Å²) in [6.07, 6.45) is 2.54. The maximum Gasteiger partial charge on any atom is 0.307 e. The van der Waals surface area contributed by atoms with E-state index in [4.69, 9.17) is 14.2 Å². The predicted octanol–water partition coefficient (Wildman–Crippen LogP) is 0.725. The van der Waals surface area contributed by atoms with Gasteiger partial charge in [0.25, 0.3) is 0 Å². The fourth-order valence-corrected chi connectivity index (χ4v) is 1.57. The minimum Gasteiger partial charge on any atom is -0.463 e. The van der Waals surface area contributed by atoms with Gasteiger partial charge in [0.1, 0.15) is 6.61 Å². The van der Waals surface area contributed by atoms with Gasteiger partial charge in [0, 0.05) is 19.2 Å². The second-order valence-electron chi connectivity index (χ2n) is 4.12. The zero-order valence-electron chi connectivity index (χ0n) is 10.6. The number of rotatable bonds is 8. The molecule has 1 atom stereocenters. The fraction of sp³-hybridized carbons (Fsp3) is 0.917. The van der Waals surface area contributed by atoms with Crippen molar-refractivity contribution in [1.82, 2.24) is 5.32 Å². The van der Waals surface area contributed by atoms with Crippen LogP contribution in [0.25, 0.3) is 0 Å². The van der Waals surface area contributed by atoms with E-state index in [2.05, 4.69) is 12.2 Å². The zero-order valence-corrected chi connectivity index (χ0v) is 10.6. The van der Waals surface area contributed by atoms with E-state index in [9.17, 15) is 4.79 Å². The van der Waals surface area contributed by atoms with Crippen LogP contribution in [0, 0.1) is 0 Å². The lowest BCUT2D eigenvalue weighted by molar-refractivity contribution is -0.146. The van der Waals surface area contributed by atoms with Crippen LogP contribution in [0.2, 0.25) is 0 Å². The van der Waals surface area contributed by atoms with E-state index in [1.807, 2.05) is 0 Å². The van der Waals surface area contributed by atoms with Crippen LogP contribution in [0.3, 0.4) is 0 Å². The molecule has 100 valence electrons. The molecule has 0 bridgehead atoms.